The van der Waals surface area contributed by atoms with Crippen LogP contribution in [0.4, 0.5) is 5.69 Å². The number of ether oxygens (including phenoxy) is 1. The Balaban J connectivity index is 1.49. The van der Waals surface area contributed by atoms with Gasteiger partial charge in [0, 0.05) is 48.6 Å². The summed E-state index contributed by atoms with van der Waals surface area (Å²) in [5, 5.41) is 2.87. The van der Waals surface area contributed by atoms with Crippen molar-refractivity contribution in [2.75, 3.05) is 19.4 Å². The highest BCUT2D eigenvalue weighted by molar-refractivity contribution is 6.02. The zero-order valence-corrected chi connectivity index (χ0v) is 18.7. The standard InChI is InChI=1S/C25H24N6O2/c1-17-6-8-20(29-24(32)22-9-7-18(14-28-22)16-31(2)3)13-23(17)33-25-27-12-10-21(30-25)19-5-4-11-26-15-19/h4-15H,16H2,1-3H3,(H,29,32). The molecule has 0 atom stereocenters. The van der Waals surface area contributed by atoms with Crippen molar-refractivity contribution >= 4 is 11.6 Å². The van der Waals surface area contributed by atoms with Gasteiger partial charge in [-0.1, -0.05) is 12.1 Å². The quantitative estimate of drug-likeness (QED) is 0.457. The van der Waals surface area contributed by atoms with Crippen molar-refractivity contribution in [3.63, 3.8) is 0 Å². The molecule has 166 valence electrons. The topological polar surface area (TPSA) is 93.1 Å². The number of rotatable bonds is 7. The largest absolute Gasteiger partial charge is 0.424 e. The summed E-state index contributed by atoms with van der Waals surface area (Å²) in [5.41, 5.74) is 4.42. The second-order valence-electron chi connectivity index (χ2n) is 7.79. The molecule has 4 rings (SSSR count). The fourth-order valence-electron chi connectivity index (χ4n) is 3.16. The Morgan fingerprint density at radius 3 is 2.64 bits per heavy atom. The molecule has 0 saturated heterocycles. The molecular formula is C25H24N6O2. The first-order chi connectivity index (χ1) is 16.0. The molecule has 0 bridgehead atoms. The van der Waals surface area contributed by atoms with Gasteiger partial charge in [0.25, 0.3) is 5.91 Å². The van der Waals surface area contributed by atoms with E-state index >= 15 is 0 Å². The minimum Gasteiger partial charge on any atom is -0.424 e. The Morgan fingerprint density at radius 1 is 1.03 bits per heavy atom. The summed E-state index contributed by atoms with van der Waals surface area (Å²) in [6, 6.07) is 14.8. The van der Waals surface area contributed by atoms with Crippen LogP contribution in [0, 0.1) is 6.92 Å². The maximum atomic E-state index is 12.6. The van der Waals surface area contributed by atoms with Gasteiger partial charge in [0.2, 0.25) is 0 Å². The van der Waals surface area contributed by atoms with Crippen LogP contribution < -0.4 is 10.1 Å². The summed E-state index contributed by atoms with van der Waals surface area (Å²) in [6.07, 6.45) is 6.79. The van der Waals surface area contributed by atoms with Crippen molar-refractivity contribution in [3.8, 4) is 23.0 Å². The van der Waals surface area contributed by atoms with Crippen molar-refractivity contribution in [1.29, 1.82) is 0 Å². The van der Waals surface area contributed by atoms with Gasteiger partial charge in [-0.3, -0.25) is 14.8 Å². The van der Waals surface area contributed by atoms with Gasteiger partial charge in [-0.05, 0) is 62.5 Å². The van der Waals surface area contributed by atoms with Crippen molar-refractivity contribution in [3.05, 3.63) is 90.1 Å². The minimum absolute atomic E-state index is 0.209. The Bertz CT molecular complexity index is 1240. The number of anilines is 1. The van der Waals surface area contributed by atoms with Crippen LogP contribution in [0.15, 0.2) is 73.3 Å². The fourth-order valence-corrected chi connectivity index (χ4v) is 3.16. The van der Waals surface area contributed by atoms with Gasteiger partial charge in [-0.2, -0.15) is 4.98 Å². The first-order valence-corrected chi connectivity index (χ1v) is 10.4. The third kappa shape index (κ3) is 5.75. The van der Waals surface area contributed by atoms with E-state index in [-0.39, 0.29) is 11.9 Å². The third-order valence-electron chi connectivity index (χ3n) is 4.79. The van der Waals surface area contributed by atoms with Gasteiger partial charge in [-0.25, -0.2) is 4.98 Å². The lowest BCUT2D eigenvalue weighted by Crippen LogP contribution is -2.15. The maximum absolute atomic E-state index is 12.6. The van der Waals surface area contributed by atoms with Crippen molar-refractivity contribution in [2.45, 2.75) is 13.5 Å². The molecule has 0 fully saturated rings. The number of nitrogens with one attached hydrogen (secondary N) is 1. The van der Waals surface area contributed by atoms with Gasteiger partial charge in [0.15, 0.2) is 0 Å². The van der Waals surface area contributed by atoms with Crippen LogP contribution in [0.3, 0.4) is 0 Å². The molecule has 4 aromatic rings. The van der Waals surface area contributed by atoms with Crippen LogP contribution in [-0.2, 0) is 6.54 Å². The lowest BCUT2D eigenvalue weighted by Gasteiger charge is -2.12. The van der Waals surface area contributed by atoms with Crippen molar-refractivity contribution < 1.29 is 9.53 Å². The van der Waals surface area contributed by atoms with E-state index in [2.05, 4.69) is 25.3 Å². The summed E-state index contributed by atoms with van der Waals surface area (Å²) in [4.78, 5) is 31.8. The highest BCUT2D eigenvalue weighted by atomic mass is 16.5. The summed E-state index contributed by atoms with van der Waals surface area (Å²) < 4.78 is 5.94. The van der Waals surface area contributed by atoms with Crippen LogP contribution in [0.1, 0.15) is 21.6 Å². The molecule has 1 amide bonds. The lowest BCUT2D eigenvalue weighted by atomic mass is 10.2. The molecule has 33 heavy (non-hydrogen) atoms. The Kier molecular flexibility index (Phi) is 6.66. The summed E-state index contributed by atoms with van der Waals surface area (Å²) >= 11 is 0. The van der Waals surface area contributed by atoms with Crippen LogP contribution in [0.25, 0.3) is 11.3 Å². The van der Waals surface area contributed by atoms with E-state index < -0.39 is 0 Å². The summed E-state index contributed by atoms with van der Waals surface area (Å²) in [7, 11) is 3.97. The summed E-state index contributed by atoms with van der Waals surface area (Å²) in [6.45, 7) is 2.68. The number of pyridine rings is 2. The molecule has 0 aliphatic rings. The van der Waals surface area contributed by atoms with Crippen LogP contribution >= 0.6 is 0 Å². The first-order valence-electron chi connectivity index (χ1n) is 10.4. The minimum atomic E-state index is -0.295. The van der Waals surface area contributed by atoms with E-state index in [1.54, 1.807) is 43.0 Å². The van der Waals surface area contributed by atoms with E-state index in [1.165, 1.54) is 0 Å². The molecule has 1 aromatic carbocycles. The van der Waals surface area contributed by atoms with Crippen LogP contribution in [-0.4, -0.2) is 44.8 Å². The molecule has 0 radical (unpaired) electrons. The van der Waals surface area contributed by atoms with Crippen LogP contribution in [0.5, 0.6) is 11.8 Å². The molecule has 0 unspecified atom stereocenters. The molecular weight excluding hydrogens is 416 g/mol. The van der Waals surface area contributed by atoms with E-state index in [9.17, 15) is 4.79 Å². The van der Waals surface area contributed by atoms with E-state index in [0.717, 1.165) is 23.2 Å². The van der Waals surface area contributed by atoms with Gasteiger partial charge < -0.3 is 15.0 Å². The molecule has 1 N–H and O–H groups in total. The maximum Gasteiger partial charge on any atom is 0.322 e. The average Bonchev–Trinajstić information content (AvgIpc) is 2.82. The Hall–Kier alpha value is -4.17. The van der Waals surface area contributed by atoms with Crippen molar-refractivity contribution in [1.82, 2.24) is 24.8 Å². The SMILES string of the molecule is Cc1ccc(NC(=O)c2ccc(CN(C)C)cn2)cc1Oc1nccc(-c2cccnc2)n1. The third-order valence-corrected chi connectivity index (χ3v) is 4.79. The lowest BCUT2D eigenvalue weighted by molar-refractivity contribution is 0.102. The second kappa shape index (κ2) is 9.97. The van der Waals surface area contributed by atoms with Crippen LogP contribution in [0.2, 0.25) is 0 Å². The Morgan fingerprint density at radius 2 is 1.91 bits per heavy atom. The molecule has 8 nitrogen and oxygen atoms in total. The number of aromatic nitrogens is 4. The molecule has 0 saturated carbocycles. The molecule has 3 aromatic heterocycles. The number of aryl methyl sites for hydroxylation is 1. The zero-order chi connectivity index (χ0) is 23.2. The molecule has 3 heterocycles. The molecule has 0 aliphatic heterocycles. The number of carbonyl (C=O) groups is 1. The average molecular weight is 441 g/mol. The normalized spacial score (nSPS) is 10.8. The number of benzene rings is 1. The van der Waals surface area contributed by atoms with Crippen molar-refractivity contribution in [2.24, 2.45) is 0 Å². The number of hydrogen-bond donors (Lipinski definition) is 1. The number of hydrogen-bond acceptors (Lipinski definition) is 7. The predicted octanol–water partition coefficient (Wildman–Crippen LogP) is 4.35. The highest BCUT2D eigenvalue weighted by Crippen LogP contribution is 2.27. The number of carbonyl (C=O) groups excluding carboxylic acids is 1. The molecule has 8 heteroatoms. The smallest absolute Gasteiger partial charge is 0.322 e. The first kappa shape index (κ1) is 22.0. The molecule has 0 spiro atoms. The zero-order valence-electron chi connectivity index (χ0n) is 18.7. The van der Waals surface area contributed by atoms with Gasteiger partial charge in [0.1, 0.15) is 11.4 Å². The predicted molar refractivity (Wildman–Crippen MR) is 126 cm³/mol. The monoisotopic (exact) mass is 440 g/mol. The van der Waals surface area contributed by atoms with Gasteiger partial charge in [-0.15, -0.1) is 0 Å². The van der Waals surface area contributed by atoms with E-state index in [4.69, 9.17) is 4.74 Å². The number of amides is 1. The number of nitrogens with zero attached hydrogens (tertiary/aromatic N) is 5. The second-order valence-corrected chi connectivity index (χ2v) is 7.79. The fraction of sp³-hybridized carbons (Fsp3) is 0.160. The highest BCUT2D eigenvalue weighted by Gasteiger charge is 2.11. The van der Waals surface area contributed by atoms with Gasteiger partial charge in [0.05, 0.1) is 5.69 Å². The Labute approximate surface area is 192 Å². The summed E-state index contributed by atoms with van der Waals surface area (Å²) in [5.74, 6) is 0.251. The van der Waals surface area contributed by atoms with E-state index in [1.807, 2.05) is 56.3 Å². The van der Waals surface area contributed by atoms with Gasteiger partial charge >= 0.3 is 6.01 Å². The molecule has 0 aliphatic carbocycles. The van der Waals surface area contributed by atoms with E-state index in [0.29, 0.717) is 22.8 Å².